The van der Waals surface area contributed by atoms with Gasteiger partial charge in [0.25, 0.3) is 0 Å². The van der Waals surface area contributed by atoms with Crippen LogP contribution >= 0.6 is 12.4 Å². The maximum atomic E-state index is 13.9. The lowest BCUT2D eigenvalue weighted by atomic mass is 9.92. The zero-order valence-electron chi connectivity index (χ0n) is 19.2. The number of anilines is 1. The van der Waals surface area contributed by atoms with E-state index in [2.05, 4.69) is 10.1 Å². The molecule has 3 N–H and O–H groups in total. The second-order valence-electron chi connectivity index (χ2n) is 8.24. The molecule has 1 amide bonds. The summed E-state index contributed by atoms with van der Waals surface area (Å²) < 4.78 is 51.7. The van der Waals surface area contributed by atoms with Crippen LogP contribution in [0.3, 0.4) is 0 Å². The van der Waals surface area contributed by atoms with Gasteiger partial charge in [-0.05, 0) is 59.9 Å². The molecule has 0 radical (unpaired) electrons. The Morgan fingerprint density at radius 3 is 2.39 bits per heavy atom. The third-order valence-corrected chi connectivity index (χ3v) is 5.81. The molecule has 0 fully saturated rings. The number of amides is 1. The molecule has 190 valence electrons. The van der Waals surface area contributed by atoms with Crippen molar-refractivity contribution in [3.8, 4) is 11.5 Å². The number of alkyl halides is 3. The van der Waals surface area contributed by atoms with E-state index in [1.165, 1.54) is 31.4 Å². The van der Waals surface area contributed by atoms with Gasteiger partial charge in [0.05, 0.1) is 18.6 Å². The number of rotatable bonds is 7. The fourth-order valence-corrected chi connectivity index (χ4v) is 4.04. The zero-order chi connectivity index (χ0) is 25.2. The number of esters is 1. The van der Waals surface area contributed by atoms with Crippen LogP contribution in [0.4, 0.5) is 18.9 Å². The average molecular weight is 521 g/mol. The summed E-state index contributed by atoms with van der Waals surface area (Å²) in [6.45, 7) is 0. The molecule has 3 aromatic rings. The van der Waals surface area contributed by atoms with E-state index < -0.39 is 29.7 Å². The second-order valence-corrected chi connectivity index (χ2v) is 8.24. The molecule has 2 unspecified atom stereocenters. The molecule has 2 atom stereocenters. The average Bonchev–Trinajstić information content (AvgIpc) is 3.14. The number of nitrogens with one attached hydrogen (secondary N) is 1. The Morgan fingerprint density at radius 1 is 1.06 bits per heavy atom. The minimum Gasteiger partial charge on any atom is -0.468 e. The Labute approximate surface area is 212 Å². The van der Waals surface area contributed by atoms with E-state index in [4.69, 9.17) is 10.5 Å². The Kier molecular flexibility index (Phi) is 8.27. The molecule has 3 aromatic carbocycles. The number of carbonyl (C=O) groups excluding carboxylic acids is 2. The van der Waals surface area contributed by atoms with Crippen molar-refractivity contribution in [2.45, 2.75) is 31.0 Å². The monoisotopic (exact) mass is 520 g/mol. The number of para-hydroxylation sites is 1. The van der Waals surface area contributed by atoms with Gasteiger partial charge < -0.3 is 20.5 Å². The SMILES string of the molecule is COC(=O)C(N)Cc1ccc(Oc2ccc(CC3C(=O)Nc4ccccc43)cc2C(F)(F)F)cc1.Cl. The lowest BCUT2D eigenvalue weighted by Crippen LogP contribution is -2.33. The molecule has 1 aliphatic rings. The zero-order valence-corrected chi connectivity index (χ0v) is 20.0. The highest BCUT2D eigenvalue weighted by Crippen LogP contribution is 2.40. The number of hydrogen-bond acceptors (Lipinski definition) is 5. The van der Waals surface area contributed by atoms with Crippen LogP contribution in [0.15, 0.2) is 66.7 Å². The fourth-order valence-electron chi connectivity index (χ4n) is 4.04. The summed E-state index contributed by atoms with van der Waals surface area (Å²) in [6, 6.07) is 16.4. The number of hydrogen-bond donors (Lipinski definition) is 2. The summed E-state index contributed by atoms with van der Waals surface area (Å²) in [5, 5.41) is 2.76. The molecule has 0 saturated heterocycles. The maximum absolute atomic E-state index is 13.9. The van der Waals surface area contributed by atoms with Crippen LogP contribution in [0.1, 0.15) is 28.2 Å². The minimum absolute atomic E-state index is 0. The molecule has 0 bridgehead atoms. The summed E-state index contributed by atoms with van der Waals surface area (Å²) in [5.74, 6) is -1.52. The maximum Gasteiger partial charge on any atom is 0.419 e. The van der Waals surface area contributed by atoms with Crippen molar-refractivity contribution in [2.75, 3.05) is 12.4 Å². The lowest BCUT2D eigenvalue weighted by Gasteiger charge is -2.17. The summed E-state index contributed by atoms with van der Waals surface area (Å²) >= 11 is 0. The van der Waals surface area contributed by atoms with Gasteiger partial charge in [0.2, 0.25) is 5.91 Å². The van der Waals surface area contributed by atoms with Crippen molar-refractivity contribution in [3.63, 3.8) is 0 Å². The Hall–Kier alpha value is -3.56. The van der Waals surface area contributed by atoms with Crippen molar-refractivity contribution in [1.82, 2.24) is 0 Å². The standard InChI is InChI=1S/C26H23F3N2O4.ClH/c1-34-25(33)21(30)14-15-6-9-17(10-7-15)35-23-11-8-16(13-20(23)26(27,28)29)12-19-18-4-2-3-5-22(18)31-24(19)32;/h2-11,13,19,21H,12,14,30H2,1H3,(H,31,32);1H. The predicted molar refractivity (Wildman–Crippen MR) is 130 cm³/mol. The van der Waals surface area contributed by atoms with E-state index in [-0.39, 0.29) is 42.7 Å². The van der Waals surface area contributed by atoms with Crippen molar-refractivity contribution >= 4 is 30.0 Å². The normalized spacial score (nSPS) is 15.4. The van der Waals surface area contributed by atoms with Crippen LogP contribution in [0.2, 0.25) is 0 Å². The van der Waals surface area contributed by atoms with Gasteiger partial charge in [-0.25, -0.2) is 0 Å². The first kappa shape index (κ1) is 27.0. The Bertz CT molecular complexity index is 1250. The molecule has 1 aliphatic heterocycles. The summed E-state index contributed by atoms with van der Waals surface area (Å²) in [6.07, 6.45) is -4.32. The third-order valence-electron chi connectivity index (χ3n) is 5.81. The molecular weight excluding hydrogens is 497 g/mol. The van der Waals surface area contributed by atoms with E-state index in [1.54, 1.807) is 36.4 Å². The molecule has 36 heavy (non-hydrogen) atoms. The lowest BCUT2D eigenvalue weighted by molar-refractivity contribution is -0.142. The molecule has 10 heteroatoms. The van der Waals surface area contributed by atoms with Crippen molar-refractivity contribution in [3.05, 3.63) is 89.0 Å². The Morgan fingerprint density at radius 2 is 1.72 bits per heavy atom. The van der Waals surface area contributed by atoms with Crippen molar-refractivity contribution in [2.24, 2.45) is 5.73 Å². The van der Waals surface area contributed by atoms with Crippen LogP contribution in [0.25, 0.3) is 0 Å². The number of ether oxygens (including phenoxy) is 2. The first-order valence-corrected chi connectivity index (χ1v) is 10.9. The summed E-state index contributed by atoms with van der Waals surface area (Å²) in [4.78, 5) is 23.9. The molecule has 6 nitrogen and oxygen atoms in total. The molecule has 0 aliphatic carbocycles. The summed E-state index contributed by atoms with van der Waals surface area (Å²) in [7, 11) is 1.24. The first-order valence-electron chi connectivity index (χ1n) is 10.9. The number of fused-ring (bicyclic) bond motifs is 1. The largest absolute Gasteiger partial charge is 0.468 e. The molecule has 4 rings (SSSR count). The highest BCUT2D eigenvalue weighted by Gasteiger charge is 2.36. The first-order chi connectivity index (χ1) is 16.7. The minimum atomic E-state index is -4.66. The summed E-state index contributed by atoms with van der Waals surface area (Å²) in [5.41, 5.74) is 7.32. The quantitative estimate of drug-likeness (QED) is 0.416. The van der Waals surface area contributed by atoms with Crippen LogP contribution in [-0.2, 0) is 33.3 Å². The second kappa shape index (κ2) is 11.0. The predicted octanol–water partition coefficient (Wildman–Crippen LogP) is 5.24. The topological polar surface area (TPSA) is 90.7 Å². The van der Waals surface area contributed by atoms with Gasteiger partial charge in [-0.15, -0.1) is 12.4 Å². The van der Waals surface area contributed by atoms with Gasteiger partial charge in [-0.1, -0.05) is 36.4 Å². The van der Waals surface area contributed by atoms with Gasteiger partial charge >= 0.3 is 12.1 Å². The number of methoxy groups -OCH3 is 1. The Balaban J connectivity index is 0.00000361. The van der Waals surface area contributed by atoms with E-state index >= 15 is 0 Å². The molecule has 0 saturated carbocycles. The van der Waals surface area contributed by atoms with Gasteiger partial charge in [-0.2, -0.15) is 13.2 Å². The van der Waals surface area contributed by atoms with Gasteiger partial charge in [-0.3, -0.25) is 9.59 Å². The van der Waals surface area contributed by atoms with Gasteiger partial charge in [0.15, 0.2) is 0 Å². The van der Waals surface area contributed by atoms with Gasteiger partial charge in [0.1, 0.15) is 17.5 Å². The third kappa shape index (κ3) is 5.98. The van der Waals surface area contributed by atoms with Crippen LogP contribution in [0.5, 0.6) is 11.5 Å². The molecular formula is C26H24ClF3N2O4. The van der Waals surface area contributed by atoms with E-state index in [0.29, 0.717) is 16.8 Å². The number of carbonyl (C=O) groups is 2. The number of halogens is 4. The van der Waals surface area contributed by atoms with Crippen LogP contribution < -0.4 is 15.8 Å². The van der Waals surface area contributed by atoms with Crippen molar-refractivity contribution in [1.29, 1.82) is 0 Å². The fraction of sp³-hybridized carbons (Fsp3) is 0.231. The highest BCUT2D eigenvalue weighted by atomic mass is 35.5. The van der Waals surface area contributed by atoms with Crippen LogP contribution in [-0.4, -0.2) is 25.0 Å². The number of benzene rings is 3. The number of nitrogens with two attached hydrogens (primary N) is 1. The molecule has 1 heterocycles. The molecule has 0 aromatic heterocycles. The smallest absolute Gasteiger partial charge is 0.419 e. The van der Waals surface area contributed by atoms with E-state index in [0.717, 1.165) is 11.6 Å². The van der Waals surface area contributed by atoms with E-state index in [9.17, 15) is 22.8 Å². The van der Waals surface area contributed by atoms with Crippen molar-refractivity contribution < 1.29 is 32.2 Å². The van der Waals surface area contributed by atoms with Crippen LogP contribution in [0, 0.1) is 0 Å². The highest BCUT2D eigenvalue weighted by molar-refractivity contribution is 6.03. The van der Waals surface area contributed by atoms with E-state index in [1.807, 2.05) is 0 Å². The van der Waals surface area contributed by atoms with Gasteiger partial charge in [0, 0.05) is 5.69 Å². The molecule has 0 spiro atoms.